The van der Waals surface area contributed by atoms with Crippen LogP contribution in [0.3, 0.4) is 0 Å². The summed E-state index contributed by atoms with van der Waals surface area (Å²) in [5, 5.41) is 9.97. The molecule has 0 atom stereocenters. The summed E-state index contributed by atoms with van der Waals surface area (Å²) in [6, 6.07) is 11.5. The predicted molar refractivity (Wildman–Crippen MR) is 112 cm³/mol. The number of aromatic nitrogens is 4. The van der Waals surface area contributed by atoms with E-state index >= 15 is 0 Å². The Labute approximate surface area is 173 Å². The van der Waals surface area contributed by atoms with Crippen LogP contribution in [0.25, 0.3) is 11.4 Å². The summed E-state index contributed by atoms with van der Waals surface area (Å²) in [5.41, 5.74) is 2.58. The van der Waals surface area contributed by atoms with E-state index in [1.807, 2.05) is 35.8 Å². The molecule has 29 heavy (non-hydrogen) atoms. The fraction of sp³-hybridized carbons (Fsp3) is 0.300. The molecule has 0 bridgehead atoms. The molecular formula is C20H23N5O3S. The third kappa shape index (κ3) is 5.49. The Kier molecular flexibility index (Phi) is 7.09. The van der Waals surface area contributed by atoms with Gasteiger partial charge in [-0.3, -0.25) is 14.5 Å². The summed E-state index contributed by atoms with van der Waals surface area (Å²) < 4.78 is 12.8. The SMILES string of the molecule is COCCOc1ncccc1NC(=O)CCn1c(-c2cccc(C)c2)n[nH]c1=S. The van der Waals surface area contributed by atoms with E-state index < -0.39 is 0 Å². The molecule has 152 valence electrons. The number of anilines is 1. The Balaban J connectivity index is 1.67. The van der Waals surface area contributed by atoms with Gasteiger partial charge in [-0.15, -0.1) is 0 Å². The lowest BCUT2D eigenvalue weighted by Gasteiger charge is -2.11. The van der Waals surface area contributed by atoms with E-state index in [2.05, 4.69) is 20.5 Å². The van der Waals surface area contributed by atoms with E-state index in [0.29, 0.717) is 41.9 Å². The van der Waals surface area contributed by atoms with Crippen molar-refractivity contribution in [2.24, 2.45) is 0 Å². The minimum Gasteiger partial charge on any atom is -0.474 e. The molecule has 0 aliphatic carbocycles. The van der Waals surface area contributed by atoms with Gasteiger partial charge in [-0.2, -0.15) is 5.10 Å². The van der Waals surface area contributed by atoms with Crippen molar-refractivity contribution >= 4 is 23.8 Å². The maximum atomic E-state index is 12.5. The molecular weight excluding hydrogens is 390 g/mol. The molecule has 0 aliphatic heterocycles. The van der Waals surface area contributed by atoms with E-state index in [1.165, 1.54) is 0 Å². The van der Waals surface area contributed by atoms with Crippen LogP contribution in [0, 0.1) is 11.7 Å². The van der Waals surface area contributed by atoms with Gasteiger partial charge in [-0.1, -0.05) is 23.8 Å². The number of hydrogen-bond donors (Lipinski definition) is 2. The summed E-state index contributed by atoms with van der Waals surface area (Å²) in [4.78, 5) is 16.7. The number of pyridine rings is 1. The smallest absolute Gasteiger partial charge is 0.237 e. The van der Waals surface area contributed by atoms with Crippen LogP contribution in [0.2, 0.25) is 0 Å². The van der Waals surface area contributed by atoms with Crippen LogP contribution in [0.4, 0.5) is 5.69 Å². The number of nitrogens with zero attached hydrogens (tertiary/aromatic N) is 3. The average molecular weight is 414 g/mol. The molecule has 0 fully saturated rings. The summed E-state index contributed by atoms with van der Waals surface area (Å²) in [7, 11) is 1.59. The molecule has 3 aromatic rings. The average Bonchev–Trinajstić information content (AvgIpc) is 3.08. The van der Waals surface area contributed by atoms with Gasteiger partial charge in [0, 0.05) is 31.8 Å². The van der Waals surface area contributed by atoms with Gasteiger partial charge in [-0.05, 0) is 37.3 Å². The van der Waals surface area contributed by atoms with E-state index in [0.717, 1.165) is 11.1 Å². The molecule has 0 saturated carbocycles. The van der Waals surface area contributed by atoms with E-state index in [-0.39, 0.29) is 12.3 Å². The van der Waals surface area contributed by atoms with Crippen molar-refractivity contribution in [2.45, 2.75) is 19.9 Å². The number of H-pyrrole nitrogens is 1. The molecule has 1 aromatic carbocycles. The molecule has 8 nitrogen and oxygen atoms in total. The molecule has 0 unspecified atom stereocenters. The molecule has 2 heterocycles. The number of aryl methyl sites for hydroxylation is 1. The van der Waals surface area contributed by atoms with Crippen LogP contribution in [0.1, 0.15) is 12.0 Å². The van der Waals surface area contributed by atoms with Crippen molar-refractivity contribution < 1.29 is 14.3 Å². The highest BCUT2D eigenvalue weighted by Crippen LogP contribution is 2.22. The fourth-order valence-corrected chi connectivity index (χ4v) is 3.00. The van der Waals surface area contributed by atoms with Crippen molar-refractivity contribution in [1.29, 1.82) is 0 Å². The number of methoxy groups -OCH3 is 1. The molecule has 0 radical (unpaired) electrons. The van der Waals surface area contributed by atoms with Crippen LogP contribution < -0.4 is 10.1 Å². The lowest BCUT2D eigenvalue weighted by molar-refractivity contribution is -0.116. The van der Waals surface area contributed by atoms with Crippen molar-refractivity contribution in [3.8, 4) is 17.3 Å². The normalized spacial score (nSPS) is 10.7. The minimum absolute atomic E-state index is 0.173. The van der Waals surface area contributed by atoms with Gasteiger partial charge in [0.1, 0.15) is 12.3 Å². The van der Waals surface area contributed by atoms with Gasteiger partial charge in [-0.25, -0.2) is 4.98 Å². The second-order valence-corrected chi connectivity index (χ2v) is 6.76. The molecule has 2 aromatic heterocycles. The van der Waals surface area contributed by atoms with Gasteiger partial charge < -0.3 is 14.8 Å². The van der Waals surface area contributed by atoms with Crippen LogP contribution in [-0.2, 0) is 16.1 Å². The monoisotopic (exact) mass is 413 g/mol. The van der Waals surface area contributed by atoms with Crippen molar-refractivity contribution in [1.82, 2.24) is 19.7 Å². The van der Waals surface area contributed by atoms with Crippen molar-refractivity contribution in [2.75, 3.05) is 25.6 Å². The minimum atomic E-state index is -0.173. The Morgan fingerprint density at radius 2 is 2.14 bits per heavy atom. The van der Waals surface area contributed by atoms with Crippen LogP contribution in [0.15, 0.2) is 42.6 Å². The summed E-state index contributed by atoms with van der Waals surface area (Å²) in [5.74, 6) is 0.891. The number of amides is 1. The topological polar surface area (TPSA) is 94.1 Å². The quantitative estimate of drug-likeness (QED) is 0.413. The standard InChI is InChI=1S/C20H23N5O3S/c1-14-5-3-6-15(13-14)18-23-24-20(29)25(18)10-8-17(26)22-16-7-4-9-21-19(16)28-12-11-27-2/h3-7,9,13H,8,10-12H2,1-2H3,(H,22,26)(H,24,29). The van der Waals surface area contributed by atoms with Gasteiger partial charge in [0.25, 0.3) is 0 Å². The third-order valence-electron chi connectivity index (χ3n) is 4.17. The van der Waals surface area contributed by atoms with Crippen molar-refractivity contribution in [3.05, 3.63) is 52.9 Å². The van der Waals surface area contributed by atoms with Crippen LogP contribution in [-0.4, -0.2) is 46.0 Å². The zero-order chi connectivity index (χ0) is 20.6. The number of carbonyl (C=O) groups is 1. The molecule has 9 heteroatoms. The van der Waals surface area contributed by atoms with E-state index in [1.54, 1.807) is 25.4 Å². The second kappa shape index (κ2) is 9.94. The van der Waals surface area contributed by atoms with Crippen LogP contribution >= 0.6 is 12.2 Å². The Bertz CT molecular complexity index is 1030. The number of aromatic amines is 1. The zero-order valence-corrected chi connectivity index (χ0v) is 17.2. The highest BCUT2D eigenvalue weighted by atomic mass is 32.1. The van der Waals surface area contributed by atoms with E-state index in [9.17, 15) is 4.79 Å². The molecule has 0 saturated heterocycles. The second-order valence-electron chi connectivity index (χ2n) is 6.37. The van der Waals surface area contributed by atoms with Gasteiger partial charge in [0.05, 0.1) is 6.61 Å². The molecule has 1 amide bonds. The summed E-state index contributed by atoms with van der Waals surface area (Å²) >= 11 is 5.34. The van der Waals surface area contributed by atoms with Gasteiger partial charge >= 0.3 is 0 Å². The summed E-state index contributed by atoms with van der Waals surface area (Å²) in [6.07, 6.45) is 1.83. The molecule has 0 spiro atoms. The first-order valence-electron chi connectivity index (χ1n) is 9.17. The number of carbonyl (C=O) groups excluding carboxylic acids is 1. The first-order chi connectivity index (χ1) is 14.1. The number of ether oxygens (including phenoxy) is 2. The zero-order valence-electron chi connectivity index (χ0n) is 16.3. The summed E-state index contributed by atoms with van der Waals surface area (Å²) in [6.45, 7) is 3.19. The highest BCUT2D eigenvalue weighted by molar-refractivity contribution is 7.71. The first-order valence-corrected chi connectivity index (χ1v) is 9.58. The van der Waals surface area contributed by atoms with E-state index in [4.69, 9.17) is 21.7 Å². The Morgan fingerprint density at radius 3 is 2.93 bits per heavy atom. The number of benzene rings is 1. The molecule has 2 N–H and O–H groups in total. The Morgan fingerprint density at radius 1 is 1.28 bits per heavy atom. The lowest BCUT2D eigenvalue weighted by atomic mass is 10.1. The highest BCUT2D eigenvalue weighted by Gasteiger charge is 2.13. The molecule has 0 aliphatic rings. The predicted octanol–water partition coefficient (Wildman–Crippen LogP) is 3.37. The molecule has 3 rings (SSSR count). The fourth-order valence-electron chi connectivity index (χ4n) is 2.78. The largest absolute Gasteiger partial charge is 0.474 e. The first kappa shape index (κ1) is 20.7. The Hall–Kier alpha value is -3.04. The van der Waals surface area contributed by atoms with Gasteiger partial charge in [0.15, 0.2) is 10.6 Å². The number of rotatable bonds is 9. The maximum absolute atomic E-state index is 12.5. The third-order valence-corrected chi connectivity index (χ3v) is 4.48. The van der Waals surface area contributed by atoms with Crippen LogP contribution in [0.5, 0.6) is 5.88 Å². The van der Waals surface area contributed by atoms with Crippen molar-refractivity contribution in [3.63, 3.8) is 0 Å². The van der Waals surface area contributed by atoms with Gasteiger partial charge in [0.2, 0.25) is 11.8 Å². The number of hydrogen-bond acceptors (Lipinski definition) is 6. The maximum Gasteiger partial charge on any atom is 0.237 e. The number of nitrogens with one attached hydrogen (secondary N) is 2. The lowest BCUT2D eigenvalue weighted by Crippen LogP contribution is -2.16.